The first-order valence-corrected chi connectivity index (χ1v) is 7.27. The summed E-state index contributed by atoms with van der Waals surface area (Å²) >= 11 is 0. The van der Waals surface area contributed by atoms with Gasteiger partial charge in [-0.05, 0) is 18.4 Å². The van der Waals surface area contributed by atoms with Crippen LogP contribution in [0, 0.1) is 0 Å². The van der Waals surface area contributed by atoms with Crippen LogP contribution in [0.3, 0.4) is 0 Å². The van der Waals surface area contributed by atoms with E-state index in [1.807, 2.05) is 0 Å². The summed E-state index contributed by atoms with van der Waals surface area (Å²) in [4.78, 5) is 0. The molecule has 1 rings (SSSR count). The molecule has 0 heterocycles. The van der Waals surface area contributed by atoms with Gasteiger partial charge in [-0.15, -0.1) is 0 Å². The van der Waals surface area contributed by atoms with Crippen molar-refractivity contribution >= 4 is 8.07 Å². The molecule has 1 saturated carbocycles. The number of hydrogen-bond acceptors (Lipinski definition) is 0. The second kappa shape index (κ2) is 1.98. The van der Waals surface area contributed by atoms with Crippen LogP contribution in [0.15, 0.2) is 12.2 Å². The van der Waals surface area contributed by atoms with Crippen LogP contribution in [-0.2, 0) is 0 Å². The SMILES string of the molecule is C=C1CCC1[Si](C)(C)C. The van der Waals surface area contributed by atoms with E-state index in [4.69, 9.17) is 0 Å². The van der Waals surface area contributed by atoms with Gasteiger partial charge in [0.05, 0.1) is 8.07 Å². The average molecular weight is 140 g/mol. The Kier molecular flexibility index (Phi) is 1.55. The molecular weight excluding hydrogens is 124 g/mol. The summed E-state index contributed by atoms with van der Waals surface area (Å²) in [6.45, 7) is 11.3. The Balaban J connectivity index is 2.54. The lowest BCUT2D eigenvalue weighted by molar-refractivity contribution is 0.644. The molecule has 0 aromatic heterocycles. The van der Waals surface area contributed by atoms with E-state index in [-0.39, 0.29) is 0 Å². The molecule has 0 saturated heterocycles. The van der Waals surface area contributed by atoms with Crippen LogP contribution in [-0.4, -0.2) is 8.07 Å². The molecule has 9 heavy (non-hydrogen) atoms. The van der Waals surface area contributed by atoms with Gasteiger partial charge < -0.3 is 0 Å². The molecule has 1 fully saturated rings. The van der Waals surface area contributed by atoms with Gasteiger partial charge in [-0.25, -0.2) is 0 Å². The Hall–Kier alpha value is -0.0431. The molecule has 1 atom stereocenters. The van der Waals surface area contributed by atoms with Crippen molar-refractivity contribution in [1.82, 2.24) is 0 Å². The van der Waals surface area contributed by atoms with Crippen LogP contribution < -0.4 is 0 Å². The van der Waals surface area contributed by atoms with Crippen molar-refractivity contribution in [1.29, 1.82) is 0 Å². The predicted octanol–water partition coefficient (Wildman–Crippen LogP) is 3.04. The van der Waals surface area contributed by atoms with Crippen molar-refractivity contribution in [3.8, 4) is 0 Å². The Morgan fingerprint density at radius 1 is 1.44 bits per heavy atom. The molecule has 0 aromatic carbocycles. The van der Waals surface area contributed by atoms with Gasteiger partial charge in [-0.1, -0.05) is 31.8 Å². The van der Waals surface area contributed by atoms with Crippen LogP contribution in [0.5, 0.6) is 0 Å². The molecule has 0 amide bonds. The number of allylic oxidation sites excluding steroid dienone is 1. The quantitative estimate of drug-likeness (QED) is 0.388. The van der Waals surface area contributed by atoms with Gasteiger partial charge in [0.15, 0.2) is 0 Å². The minimum Gasteiger partial charge on any atom is -0.0999 e. The molecule has 0 N–H and O–H groups in total. The van der Waals surface area contributed by atoms with Crippen molar-refractivity contribution < 1.29 is 0 Å². The maximum Gasteiger partial charge on any atom is 0.0517 e. The second-order valence-electron chi connectivity index (χ2n) is 4.12. The van der Waals surface area contributed by atoms with Crippen molar-refractivity contribution in [2.24, 2.45) is 0 Å². The summed E-state index contributed by atoms with van der Waals surface area (Å²) in [5.74, 6) is 0. The fraction of sp³-hybridized carbons (Fsp3) is 0.750. The Labute approximate surface area is 59.0 Å². The first-order chi connectivity index (χ1) is 4.02. The highest BCUT2D eigenvalue weighted by molar-refractivity contribution is 6.78. The molecule has 0 radical (unpaired) electrons. The molecule has 0 aromatic rings. The van der Waals surface area contributed by atoms with E-state index in [1.54, 1.807) is 0 Å². The summed E-state index contributed by atoms with van der Waals surface area (Å²) < 4.78 is 0. The molecule has 1 aliphatic rings. The van der Waals surface area contributed by atoms with E-state index < -0.39 is 8.07 Å². The topological polar surface area (TPSA) is 0 Å². The molecule has 1 unspecified atom stereocenters. The van der Waals surface area contributed by atoms with Crippen molar-refractivity contribution in [3.05, 3.63) is 12.2 Å². The third-order valence-electron chi connectivity index (χ3n) is 2.29. The minimum atomic E-state index is -0.836. The van der Waals surface area contributed by atoms with E-state index in [0.29, 0.717) is 0 Å². The van der Waals surface area contributed by atoms with E-state index in [9.17, 15) is 0 Å². The third kappa shape index (κ3) is 1.26. The maximum absolute atomic E-state index is 4.04. The zero-order valence-electron chi connectivity index (χ0n) is 6.70. The first kappa shape index (κ1) is 7.07. The minimum absolute atomic E-state index is 0.836. The van der Waals surface area contributed by atoms with Gasteiger partial charge in [-0.2, -0.15) is 0 Å². The van der Waals surface area contributed by atoms with Gasteiger partial charge in [0, 0.05) is 0 Å². The lowest BCUT2D eigenvalue weighted by atomic mass is 9.93. The van der Waals surface area contributed by atoms with Crippen LogP contribution in [0.1, 0.15) is 12.8 Å². The van der Waals surface area contributed by atoms with Gasteiger partial charge in [0.1, 0.15) is 0 Å². The molecule has 1 aliphatic carbocycles. The molecule has 0 bridgehead atoms. The average Bonchev–Trinajstić information content (AvgIpc) is 1.57. The Morgan fingerprint density at radius 3 is 2.00 bits per heavy atom. The molecular formula is C8H16Si. The monoisotopic (exact) mass is 140 g/mol. The van der Waals surface area contributed by atoms with E-state index >= 15 is 0 Å². The molecule has 1 heteroatoms. The number of rotatable bonds is 1. The standard InChI is InChI=1S/C8H16Si/c1-7-5-6-8(7)9(2,3)4/h8H,1,5-6H2,2-4H3. The fourth-order valence-electron chi connectivity index (χ4n) is 1.54. The zero-order chi connectivity index (χ0) is 7.07. The van der Waals surface area contributed by atoms with Crippen LogP contribution in [0.25, 0.3) is 0 Å². The van der Waals surface area contributed by atoms with E-state index in [1.165, 1.54) is 18.4 Å². The van der Waals surface area contributed by atoms with Crippen molar-refractivity contribution in [2.75, 3.05) is 0 Å². The highest BCUT2D eigenvalue weighted by atomic mass is 28.3. The second-order valence-corrected chi connectivity index (χ2v) is 9.54. The lowest BCUT2D eigenvalue weighted by Gasteiger charge is -2.38. The largest absolute Gasteiger partial charge is 0.0999 e. The van der Waals surface area contributed by atoms with Gasteiger partial charge >= 0.3 is 0 Å². The Morgan fingerprint density at radius 2 is 2.00 bits per heavy atom. The molecule has 0 nitrogen and oxygen atoms in total. The fourth-order valence-corrected chi connectivity index (χ4v) is 3.92. The molecule has 52 valence electrons. The Bertz CT molecular complexity index is 130. The van der Waals surface area contributed by atoms with Gasteiger partial charge in [0.2, 0.25) is 0 Å². The summed E-state index contributed by atoms with van der Waals surface area (Å²) in [6, 6.07) is 0. The zero-order valence-corrected chi connectivity index (χ0v) is 7.70. The smallest absolute Gasteiger partial charge is 0.0517 e. The van der Waals surface area contributed by atoms with Crippen molar-refractivity contribution in [3.63, 3.8) is 0 Å². The van der Waals surface area contributed by atoms with Crippen molar-refractivity contribution in [2.45, 2.75) is 38.0 Å². The first-order valence-electron chi connectivity index (χ1n) is 3.69. The molecule has 0 spiro atoms. The molecule has 0 aliphatic heterocycles. The van der Waals surface area contributed by atoms with Crippen LogP contribution in [0.2, 0.25) is 25.2 Å². The van der Waals surface area contributed by atoms with Gasteiger partial charge in [0.25, 0.3) is 0 Å². The summed E-state index contributed by atoms with van der Waals surface area (Å²) in [5, 5.41) is 0. The lowest BCUT2D eigenvalue weighted by Crippen LogP contribution is -2.34. The van der Waals surface area contributed by atoms with E-state index in [2.05, 4.69) is 26.2 Å². The predicted molar refractivity (Wildman–Crippen MR) is 45.5 cm³/mol. The number of hydrogen-bond donors (Lipinski definition) is 0. The third-order valence-corrected chi connectivity index (χ3v) is 5.08. The highest BCUT2D eigenvalue weighted by Gasteiger charge is 2.34. The summed E-state index contributed by atoms with van der Waals surface area (Å²) in [7, 11) is -0.836. The van der Waals surface area contributed by atoms with E-state index in [0.717, 1.165) is 5.54 Å². The van der Waals surface area contributed by atoms with Crippen LogP contribution in [0.4, 0.5) is 0 Å². The maximum atomic E-state index is 4.04. The summed E-state index contributed by atoms with van der Waals surface area (Å²) in [6.07, 6.45) is 2.73. The normalized spacial score (nSPS) is 27.9. The van der Waals surface area contributed by atoms with Gasteiger partial charge in [-0.3, -0.25) is 0 Å². The van der Waals surface area contributed by atoms with Crippen LogP contribution >= 0.6 is 0 Å². The summed E-state index contributed by atoms with van der Waals surface area (Å²) in [5.41, 5.74) is 2.46. The highest BCUT2D eigenvalue weighted by Crippen LogP contribution is 2.44.